The average Bonchev–Trinajstić information content (AvgIpc) is 3.39. The Labute approximate surface area is 203 Å². The maximum absolute atomic E-state index is 12.8. The fraction of sp³-hybridized carbons (Fsp3) is 0.0769. The van der Waals surface area contributed by atoms with Crippen molar-refractivity contribution in [3.05, 3.63) is 108 Å². The third-order valence-corrected chi connectivity index (χ3v) is 6.80. The lowest BCUT2D eigenvalue weighted by Gasteiger charge is -2.12. The number of hydrogen-bond acceptors (Lipinski definition) is 5. The first-order chi connectivity index (χ1) is 16.7. The summed E-state index contributed by atoms with van der Waals surface area (Å²) in [5, 5.41) is 5.44. The van der Waals surface area contributed by atoms with E-state index in [1.165, 1.54) is 30.5 Å². The lowest BCUT2D eigenvalue weighted by atomic mass is 10.1. The summed E-state index contributed by atoms with van der Waals surface area (Å²) in [6, 6.07) is 20.8. The van der Waals surface area contributed by atoms with Crippen LogP contribution in [0.3, 0.4) is 0 Å². The number of furan rings is 1. The summed E-state index contributed by atoms with van der Waals surface area (Å²) < 4.78 is 33.2. The molecule has 4 rings (SSSR count). The Morgan fingerprint density at radius 1 is 0.743 bits per heavy atom. The van der Waals surface area contributed by atoms with Gasteiger partial charge in [-0.3, -0.25) is 14.3 Å². The monoisotopic (exact) mass is 489 g/mol. The van der Waals surface area contributed by atoms with Crippen molar-refractivity contribution in [2.75, 3.05) is 15.4 Å². The lowest BCUT2D eigenvalue weighted by Crippen LogP contribution is -2.15. The van der Waals surface area contributed by atoms with Gasteiger partial charge in [0.05, 0.1) is 16.8 Å². The summed E-state index contributed by atoms with van der Waals surface area (Å²) in [6.45, 7) is 3.76. The van der Waals surface area contributed by atoms with Gasteiger partial charge < -0.3 is 15.1 Å². The molecule has 0 aliphatic carbocycles. The molecule has 178 valence electrons. The van der Waals surface area contributed by atoms with Crippen LogP contribution in [0.1, 0.15) is 32.0 Å². The highest BCUT2D eigenvalue weighted by Crippen LogP contribution is 2.22. The van der Waals surface area contributed by atoms with Gasteiger partial charge in [-0.25, -0.2) is 8.42 Å². The van der Waals surface area contributed by atoms with Gasteiger partial charge in [0.15, 0.2) is 5.76 Å². The van der Waals surface area contributed by atoms with Crippen LogP contribution >= 0.6 is 0 Å². The van der Waals surface area contributed by atoms with Gasteiger partial charge in [0.25, 0.3) is 21.8 Å². The molecule has 2 amide bonds. The Morgan fingerprint density at radius 2 is 1.37 bits per heavy atom. The van der Waals surface area contributed by atoms with Crippen molar-refractivity contribution in [2.24, 2.45) is 0 Å². The van der Waals surface area contributed by atoms with Gasteiger partial charge >= 0.3 is 0 Å². The molecule has 3 N–H and O–H groups in total. The van der Waals surface area contributed by atoms with E-state index in [9.17, 15) is 18.0 Å². The Kier molecular flexibility index (Phi) is 6.70. The van der Waals surface area contributed by atoms with Crippen LogP contribution in [-0.2, 0) is 10.0 Å². The number of carbonyl (C=O) groups is 2. The van der Waals surface area contributed by atoms with Crippen molar-refractivity contribution >= 4 is 38.9 Å². The normalized spacial score (nSPS) is 11.0. The Morgan fingerprint density at radius 3 is 1.97 bits per heavy atom. The summed E-state index contributed by atoms with van der Waals surface area (Å²) in [5.41, 5.74) is 3.68. The summed E-state index contributed by atoms with van der Waals surface area (Å²) in [4.78, 5) is 24.7. The van der Waals surface area contributed by atoms with Gasteiger partial charge in [0, 0.05) is 16.9 Å². The minimum Gasteiger partial charge on any atom is -0.459 e. The fourth-order valence-corrected chi connectivity index (χ4v) is 4.41. The topological polar surface area (TPSA) is 118 Å². The second-order valence-electron chi connectivity index (χ2n) is 7.84. The van der Waals surface area contributed by atoms with E-state index in [0.29, 0.717) is 22.6 Å². The van der Waals surface area contributed by atoms with Gasteiger partial charge in [-0.2, -0.15) is 0 Å². The van der Waals surface area contributed by atoms with Gasteiger partial charge in [-0.15, -0.1) is 0 Å². The third-order valence-electron chi connectivity index (χ3n) is 5.42. The maximum atomic E-state index is 12.8. The van der Waals surface area contributed by atoms with Gasteiger partial charge in [0.1, 0.15) is 0 Å². The zero-order valence-corrected chi connectivity index (χ0v) is 19.8. The van der Waals surface area contributed by atoms with Crippen LogP contribution in [0.4, 0.5) is 17.1 Å². The summed E-state index contributed by atoms with van der Waals surface area (Å²) in [6.07, 6.45) is 1.41. The number of hydrogen-bond donors (Lipinski definition) is 3. The van der Waals surface area contributed by atoms with Crippen molar-refractivity contribution in [3.8, 4) is 0 Å². The zero-order valence-electron chi connectivity index (χ0n) is 19.0. The molecule has 0 bridgehead atoms. The highest BCUT2D eigenvalue weighted by Gasteiger charge is 2.17. The number of aryl methyl sites for hydroxylation is 1. The predicted octanol–water partition coefficient (Wildman–Crippen LogP) is 5.20. The molecular weight excluding hydrogens is 466 g/mol. The van der Waals surface area contributed by atoms with Gasteiger partial charge in [-0.1, -0.05) is 12.1 Å². The summed E-state index contributed by atoms with van der Waals surface area (Å²) in [7, 11) is -3.81. The van der Waals surface area contributed by atoms with Gasteiger partial charge in [0.2, 0.25) is 0 Å². The van der Waals surface area contributed by atoms with Crippen LogP contribution in [0.2, 0.25) is 0 Å². The number of rotatable bonds is 7. The molecule has 4 aromatic rings. The predicted molar refractivity (Wildman–Crippen MR) is 134 cm³/mol. The molecule has 0 unspecified atom stereocenters. The quantitative estimate of drug-likeness (QED) is 0.330. The highest BCUT2D eigenvalue weighted by atomic mass is 32.2. The molecule has 0 aliphatic rings. The van der Waals surface area contributed by atoms with Crippen molar-refractivity contribution in [3.63, 3.8) is 0 Å². The molecule has 1 heterocycles. The molecule has 9 heteroatoms. The Balaban J connectivity index is 1.39. The first kappa shape index (κ1) is 23.8. The second kappa shape index (κ2) is 9.86. The molecule has 0 radical (unpaired) electrons. The third kappa shape index (κ3) is 5.59. The zero-order chi connectivity index (χ0) is 25.0. The fourth-order valence-electron chi connectivity index (χ4n) is 3.29. The van der Waals surface area contributed by atoms with Crippen LogP contribution in [0, 0.1) is 13.8 Å². The molecule has 8 nitrogen and oxygen atoms in total. The smallest absolute Gasteiger partial charge is 0.291 e. The van der Waals surface area contributed by atoms with Crippen LogP contribution in [-0.4, -0.2) is 20.2 Å². The molecule has 0 atom stereocenters. The largest absolute Gasteiger partial charge is 0.459 e. The molecular formula is C26H23N3O5S. The molecule has 0 spiro atoms. The van der Waals surface area contributed by atoms with E-state index in [-0.39, 0.29) is 16.6 Å². The Bertz CT molecular complexity index is 1460. The summed E-state index contributed by atoms with van der Waals surface area (Å²) in [5.74, 6) is -0.588. The summed E-state index contributed by atoms with van der Waals surface area (Å²) >= 11 is 0. The molecule has 3 aromatic carbocycles. The second-order valence-corrected chi connectivity index (χ2v) is 9.52. The first-order valence-corrected chi connectivity index (χ1v) is 12.2. The van der Waals surface area contributed by atoms with Crippen molar-refractivity contribution in [1.29, 1.82) is 0 Å². The molecule has 0 fully saturated rings. The van der Waals surface area contributed by atoms with Crippen LogP contribution in [0.5, 0.6) is 0 Å². The van der Waals surface area contributed by atoms with Crippen molar-refractivity contribution in [2.45, 2.75) is 18.7 Å². The maximum Gasteiger partial charge on any atom is 0.291 e. The molecule has 0 aliphatic heterocycles. The lowest BCUT2D eigenvalue weighted by molar-refractivity contribution is 0.0994. The average molecular weight is 490 g/mol. The SMILES string of the molecule is Cc1cccc(NS(=O)(=O)c2ccc(C(=O)Nc3ccc(NC(=O)c4ccco4)cc3)cc2)c1C. The highest BCUT2D eigenvalue weighted by molar-refractivity contribution is 7.92. The van der Waals surface area contributed by atoms with Crippen LogP contribution in [0.25, 0.3) is 0 Å². The number of sulfonamides is 1. The Hall–Kier alpha value is -4.37. The van der Waals surface area contributed by atoms with E-state index in [1.54, 1.807) is 48.5 Å². The minimum absolute atomic E-state index is 0.0478. The van der Waals surface area contributed by atoms with E-state index in [1.807, 2.05) is 19.9 Å². The van der Waals surface area contributed by atoms with Gasteiger partial charge in [-0.05, 0) is 91.7 Å². The van der Waals surface area contributed by atoms with E-state index in [4.69, 9.17) is 4.42 Å². The molecule has 35 heavy (non-hydrogen) atoms. The molecule has 1 aromatic heterocycles. The standard InChI is InChI=1S/C26H23N3O5S/c1-17-5-3-6-23(18(17)2)29-35(32,33)22-14-8-19(9-15-22)25(30)27-20-10-12-21(13-11-20)28-26(31)24-7-4-16-34-24/h3-16,29H,1-2H3,(H,27,30)(H,28,31). The van der Waals surface area contributed by atoms with Crippen LogP contribution < -0.4 is 15.4 Å². The number of nitrogens with one attached hydrogen (secondary N) is 3. The number of benzene rings is 3. The van der Waals surface area contributed by atoms with E-state index in [2.05, 4.69) is 15.4 Å². The first-order valence-electron chi connectivity index (χ1n) is 10.7. The minimum atomic E-state index is -3.81. The number of amides is 2. The van der Waals surface area contributed by atoms with Crippen LogP contribution in [0.15, 0.2) is 94.4 Å². The van der Waals surface area contributed by atoms with Crippen molar-refractivity contribution in [1.82, 2.24) is 0 Å². The molecule has 0 saturated carbocycles. The number of carbonyl (C=O) groups excluding carboxylic acids is 2. The van der Waals surface area contributed by atoms with Crippen molar-refractivity contribution < 1.29 is 22.4 Å². The van der Waals surface area contributed by atoms with E-state index in [0.717, 1.165) is 11.1 Å². The number of anilines is 3. The van der Waals surface area contributed by atoms with E-state index >= 15 is 0 Å². The van der Waals surface area contributed by atoms with E-state index < -0.39 is 15.9 Å². The molecule has 0 saturated heterocycles.